The Labute approximate surface area is 168 Å². The first-order valence-electron chi connectivity index (χ1n) is 7.33. The Kier molecular flexibility index (Phi) is 8.51. The number of nitrogen functional groups attached to an aromatic ring is 1. The quantitative estimate of drug-likeness (QED) is 0.594. The van der Waals surface area contributed by atoms with Crippen LogP contribution in [0.25, 0.3) is 0 Å². The Balaban J connectivity index is 0.00000169. The van der Waals surface area contributed by atoms with Crippen molar-refractivity contribution >= 4 is 53.6 Å². The Morgan fingerprint density at radius 2 is 1.81 bits per heavy atom. The number of nitrogens with one attached hydrogen (secondary N) is 1. The lowest BCUT2D eigenvalue weighted by Gasteiger charge is -2.09. The number of rotatable bonds is 5. The molecule has 138 valence electrons. The van der Waals surface area contributed by atoms with Crippen molar-refractivity contribution in [2.24, 2.45) is 0 Å². The molecule has 5 nitrogen and oxygen atoms in total. The third kappa shape index (κ3) is 5.98. The van der Waals surface area contributed by atoms with E-state index in [1.54, 1.807) is 12.4 Å². The first-order chi connectivity index (χ1) is 11.6. The van der Waals surface area contributed by atoms with Crippen LogP contribution in [0.2, 0.25) is 5.28 Å². The summed E-state index contributed by atoms with van der Waals surface area (Å²) in [5, 5.41) is 2.91. The Morgan fingerprint density at radius 3 is 2.58 bits per heavy atom. The number of hydrogen-bond donors (Lipinski definition) is 2. The fourth-order valence-corrected chi connectivity index (χ4v) is 2.44. The number of aryl methyl sites for hydroxylation is 2. The summed E-state index contributed by atoms with van der Waals surface area (Å²) in [6.07, 6.45) is 6.09. The van der Waals surface area contributed by atoms with Gasteiger partial charge in [-0.05, 0) is 53.8 Å². The van der Waals surface area contributed by atoms with E-state index in [1.165, 1.54) is 0 Å². The van der Waals surface area contributed by atoms with Gasteiger partial charge in [0.1, 0.15) is 0 Å². The molecule has 0 atom stereocenters. The zero-order chi connectivity index (χ0) is 16.9. The second-order valence-electron chi connectivity index (χ2n) is 5.29. The molecule has 0 fully saturated rings. The molecule has 1 aromatic carbocycles. The molecule has 0 spiro atoms. The van der Waals surface area contributed by atoms with Gasteiger partial charge in [0.2, 0.25) is 5.28 Å². The van der Waals surface area contributed by atoms with Crippen LogP contribution in [0.3, 0.4) is 0 Å². The van der Waals surface area contributed by atoms with Crippen LogP contribution in [-0.4, -0.2) is 15.0 Å². The number of nitrogens with two attached hydrogens (primary N) is 1. The van der Waals surface area contributed by atoms with Crippen molar-refractivity contribution < 1.29 is 4.39 Å². The van der Waals surface area contributed by atoms with Crippen LogP contribution in [0.1, 0.15) is 11.1 Å². The van der Waals surface area contributed by atoms with Gasteiger partial charge in [-0.25, -0.2) is 9.37 Å². The normalized spacial score (nSPS) is 9.77. The zero-order valence-corrected chi connectivity index (χ0v) is 15.9. The van der Waals surface area contributed by atoms with E-state index in [0.717, 1.165) is 35.9 Å². The molecule has 0 aliphatic rings. The van der Waals surface area contributed by atoms with Crippen LogP contribution in [-0.2, 0) is 12.8 Å². The van der Waals surface area contributed by atoms with Crippen molar-refractivity contribution in [3.8, 4) is 0 Å². The van der Waals surface area contributed by atoms with Gasteiger partial charge in [0, 0.05) is 18.1 Å². The minimum atomic E-state index is -0.560. The summed E-state index contributed by atoms with van der Waals surface area (Å²) in [6.45, 7) is 0. The fourth-order valence-electron chi connectivity index (χ4n) is 2.31. The summed E-state index contributed by atoms with van der Waals surface area (Å²) < 4.78 is 13.7. The molecule has 0 amide bonds. The highest BCUT2D eigenvalue weighted by molar-refractivity contribution is 6.28. The van der Waals surface area contributed by atoms with E-state index in [-0.39, 0.29) is 35.9 Å². The summed E-state index contributed by atoms with van der Waals surface area (Å²) in [5.74, 6) is -0.511. The molecule has 9 heteroatoms. The van der Waals surface area contributed by atoms with E-state index in [2.05, 4.69) is 20.3 Å². The highest BCUT2D eigenvalue weighted by atomic mass is 35.5. The fraction of sp³-hybridized carbons (Fsp3) is 0.118. The summed E-state index contributed by atoms with van der Waals surface area (Å²) >= 11 is 5.70. The topological polar surface area (TPSA) is 76.7 Å². The van der Waals surface area contributed by atoms with Crippen molar-refractivity contribution in [2.45, 2.75) is 12.8 Å². The van der Waals surface area contributed by atoms with Gasteiger partial charge in [0.25, 0.3) is 0 Å². The van der Waals surface area contributed by atoms with Crippen LogP contribution >= 0.6 is 36.4 Å². The molecule has 0 aliphatic heterocycles. The molecular weight excluding hydrogens is 400 g/mol. The largest absolute Gasteiger partial charge is 0.397 e. The third-order valence-electron chi connectivity index (χ3n) is 3.42. The highest BCUT2D eigenvalue weighted by Gasteiger charge is 2.07. The van der Waals surface area contributed by atoms with E-state index in [0.29, 0.717) is 5.69 Å². The summed E-state index contributed by atoms with van der Waals surface area (Å²) in [4.78, 5) is 11.5. The molecular formula is C17H17Cl3FN5. The average Bonchev–Trinajstić information content (AvgIpc) is 2.57. The van der Waals surface area contributed by atoms with Crippen molar-refractivity contribution in [1.82, 2.24) is 15.0 Å². The van der Waals surface area contributed by atoms with Gasteiger partial charge < -0.3 is 11.1 Å². The lowest BCUT2D eigenvalue weighted by Crippen LogP contribution is -2.00. The smallest absolute Gasteiger partial charge is 0.224 e. The van der Waals surface area contributed by atoms with Crippen LogP contribution in [0.15, 0.2) is 48.9 Å². The van der Waals surface area contributed by atoms with Crippen molar-refractivity contribution in [1.29, 1.82) is 0 Å². The van der Waals surface area contributed by atoms with E-state index in [4.69, 9.17) is 17.3 Å². The standard InChI is InChI=1S/C17H15ClFN5.2ClH/c18-17-22-10-15(19)16(24-17)23-14-3-1-2-11(7-14)4-5-12-6-13(20)9-21-8-12;;/h1-3,6-10H,4-5,20H2,(H,22,23,24);2*1H. The van der Waals surface area contributed by atoms with Crippen LogP contribution in [0.5, 0.6) is 0 Å². The molecule has 2 aromatic heterocycles. The van der Waals surface area contributed by atoms with E-state index in [1.807, 2.05) is 30.3 Å². The van der Waals surface area contributed by atoms with Crippen molar-refractivity contribution in [3.63, 3.8) is 0 Å². The second-order valence-corrected chi connectivity index (χ2v) is 5.63. The van der Waals surface area contributed by atoms with Gasteiger partial charge in [0.05, 0.1) is 11.9 Å². The summed E-state index contributed by atoms with van der Waals surface area (Å²) in [7, 11) is 0. The minimum absolute atomic E-state index is 0. The van der Waals surface area contributed by atoms with Crippen LogP contribution in [0, 0.1) is 5.82 Å². The summed E-state index contributed by atoms with van der Waals surface area (Å²) in [6, 6.07) is 9.59. The number of hydrogen-bond acceptors (Lipinski definition) is 5. The van der Waals surface area contributed by atoms with E-state index >= 15 is 0 Å². The first kappa shape index (κ1) is 21.9. The number of anilines is 3. The minimum Gasteiger partial charge on any atom is -0.397 e. The molecule has 0 radical (unpaired) electrons. The van der Waals surface area contributed by atoms with Gasteiger partial charge in [0.15, 0.2) is 11.6 Å². The van der Waals surface area contributed by atoms with E-state index < -0.39 is 5.82 Å². The molecule has 2 heterocycles. The zero-order valence-electron chi connectivity index (χ0n) is 13.5. The maximum absolute atomic E-state index is 13.7. The highest BCUT2D eigenvalue weighted by Crippen LogP contribution is 2.20. The SMILES string of the molecule is Cl.Cl.Nc1cncc(CCc2cccc(Nc3nc(Cl)ncc3F)c2)c1. The van der Waals surface area contributed by atoms with Gasteiger partial charge in [-0.3, -0.25) is 4.98 Å². The predicted octanol–water partition coefficient (Wildman–Crippen LogP) is 4.62. The number of benzene rings is 1. The number of pyridine rings is 1. The van der Waals surface area contributed by atoms with Gasteiger partial charge in [-0.1, -0.05) is 12.1 Å². The Bertz CT molecular complexity index is 863. The first-order valence-corrected chi connectivity index (χ1v) is 7.71. The van der Waals surface area contributed by atoms with Crippen LogP contribution in [0.4, 0.5) is 21.6 Å². The Morgan fingerprint density at radius 1 is 1.04 bits per heavy atom. The molecule has 3 aromatic rings. The molecule has 0 saturated carbocycles. The molecule has 0 saturated heterocycles. The van der Waals surface area contributed by atoms with Crippen LogP contribution < -0.4 is 11.1 Å². The Hall–Kier alpha value is -2.15. The maximum Gasteiger partial charge on any atom is 0.224 e. The lowest BCUT2D eigenvalue weighted by molar-refractivity contribution is 0.619. The van der Waals surface area contributed by atoms with Gasteiger partial charge in [-0.2, -0.15) is 4.98 Å². The van der Waals surface area contributed by atoms with Crippen molar-refractivity contribution in [2.75, 3.05) is 11.1 Å². The molecule has 0 unspecified atom stereocenters. The molecule has 0 bridgehead atoms. The molecule has 3 rings (SSSR count). The van der Waals surface area contributed by atoms with Gasteiger partial charge >= 0.3 is 0 Å². The summed E-state index contributed by atoms with van der Waals surface area (Å²) in [5.41, 5.74) is 9.28. The molecule has 0 aliphatic carbocycles. The number of nitrogens with zero attached hydrogens (tertiary/aromatic N) is 3. The second kappa shape index (κ2) is 10.1. The van der Waals surface area contributed by atoms with Crippen molar-refractivity contribution in [3.05, 3.63) is 71.2 Å². The molecule has 26 heavy (non-hydrogen) atoms. The number of aromatic nitrogens is 3. The average molecular weight is 417 g/mol. The lowest BCUT2D eigenvalue weighted by atomic mass is 10.0. The van der Waals surface area contributed by atoms with Gasteiger partial charge in [-0.15, -0.1) is 24.8 Å². The number of halogens is 4. The maximum atomic E-state index is 13.7. The van der Waals surface area contributed by atoms with E-state index in [9.17, 15) is 4.39 Å². The monoisotopic (exact) mass is 415 g/mol. The third-order valence-corrected chi connectivity index (χ3v) is 3.60. The predicted molar refractivity (Wildman–Crippen MR) is 107 cm³/mol. The molecule has 3 N–H and O–H groups in total.